The highest BCUT2D eigenvalue weighted by atomic mass is 32.1. The molecule has 9 aromatic carbocycles. The summed E-state index contributed by atoms with van der Waals surface area (Å²) in [7, 11) is 0. The average Bonchev–Trinajstić information content (AvgIpc) is 3.86. The quantitative estimate of drug-likeness (QED) is 0.156. The summed E-state index contributed by atoms with van der Waals surface area (Å²) >= 11 is 3.74. The molecule has 11 aromatic rings. The van der Waals surface area contributed by atoms with Gasteiger partial charge in [-0.25, -0.2) is 0 Å². The van der Waals surface area contributed by atoms with Crippen molar-refractivity contribution in [1.29, 1.82) is 0 Å². The van der Waals surface area contributed by atoms with Crippen molar-refractivity contribution in [2.24, 2.45) is 0 Å². The monoisotopic (exact) mass is 761 g/mol. The van der Waals surface area contributed by atoms with Gasteiger partial charge in [0.1, 0.15) is 0 Å². The second-order valence-corrected chi connectivity index (χ2v) is 16.6. The second kappa shape index (κ2) is 14.1. The van der Waals surface area contributed by atoms with Crippen molar-refractivity contribution in [2.75, 3.05) is 4.90 Å². The van der Waals surface area contributed by atoms with E-state index in [-0.39, 0.29) is 0 Å². The van der Waals surface area contributed by atoms with E-state index in [1.54, 1.807) is 0 Å². The minimum atomic E-state index is 1.10. The first-order valence-corrected chi connectivity index (χ1v) is 21.0. The van der Waals surface area contributed by atoms with Gasteiger partial charge in [0.15, 0.2) is 0 Å². The fourth-order valence-corrected chi connectivity index (χ4v) is 10.7. The topological polar surface area (TPSA) is 3.24 Å². The number of anilines is 3. The maximum Gasteiger partial charge on any atom is 0.0468 e. The fraction of sp³-hybridized carbons (Fsp3) is 0. The minimum Gasteiger partial charge on any atom is -0.310 e. The Morgan fingerprint density at radius 3 is 1.44 bits per heavy atom. The van der Waals surface area contributed by atoms with E-state index in [0.717, 1.165) is 17.1 Å². The normalized spacial score (nSPS) is 11.5. The molecule has 2 heterocycles. The highest BCUT2D eigenvalue weighted by Crippen LogP contribution is 2.47. The van der Waals surface area contributed by atoms with Crippen molar-refractivity contribution in [3.63, 3.8) is 0 Å². The molecule has 0 amide bonds. The number of thiophene rings is 2. The van der Waals surface area contributed by atoms with Crippen molar-refractivity contribution in [1.82, 2.24) is 0 Å². The summed E-state index contributed by atoms with van der Waals surface area (Å²) in [6, 6.07) is 77.7. The van der Waals surface area contributed by atoms with Crippen LogP contribution in [0.2, 0.25) is 0 Å². The number of hydrogen-bond acceptors (Lipinski definition) is 3. The highest BCUT2D eigenvalue weighted by Gasteiger charge is 2.20. The lowest BCUT2D eigenvalue weighted by molar-refractivity contribution is 1.29. The van der Waals surface area contributed by atoms with Crippen molar-refractivity contribution in [3.05, 3.63) is 212 Å². The van der Waals surface area contributed by atoms with Crippen molar-refractivity contribution in [2.45, 2.75) is 0 Å². The van der Waals surface area contributed by atoms with E-state index >= 15 is 0 Å². The molecule has 0 unspecified atom stereocenters. The molecule has 2 aromatic heterocycles. The number of fused-ring (bicyclic) bond motifs is 6. The standard InChI is InChI=1S/C54H35NS2/c1-3-14-36(15-4-1)42-18-7-8-19-43(42)38-26-28-39(29-27-38)55(41-31-33-53-50(35-41)46-21-10-11-24-51(46)56-53)40-30-32-44(37-16-5-2-6-17-37)49(34-40)48-23-13-22-47-45-20-9-12-25-52(45)57-54(47)48/h1-35H. The first-order valence-electron chi connectivity index (χ1n) is 19.3. The summed E-state index contributed by atoms with van der Waals surface area (Å²) in [5.74, 6) is 0. The summed E-state index contributed by atoms with van der Waals surface area (Å²) in [6.07, 6.45) is 0. The van der Waals surface area contributed by atoms with Gasteiger partial charge in [-0.3, -0.25) is 0 Å². The van der Waals surface area contributed by atoms with Crippen LogP contribution in [-0.2, 0) is 0 Å². The summed E-state index contributed by atoms with van der Waals surface area (Å²) in [6.45, 7) is 0. The highest BCUT2D eigenvalue weighted by molar-refractivity contribution is 7.26. The summed E-state index contributed by atoms with van der Waals surface area (Å²) in [5, 5.41) is 5.19. The fourth-order valence-electron chi connectivity index (χ4n) is 8.42. The van der Waals surface area contributed by atoms with Crippen LogP contribution in [-0.4, -0.2) is 0 Å². The Morgan fingerprint density at radius 1 is 0.263 bits per heavy atom. The van der Waals surface area contributed by atoms with Crippen molar-refractivity contribution >= 4 is 80.1 Å². The van der Waals surface area contributed by atoms with Crippen LogP contribution in [0.25, 0.3) is 84.9 Å². The predicted octanol–water partition coefficient (Wildman–Crippen LogP) is 16.6. The van der Waals surface area contributed by atoms with E-state index in [9.17, 15) is 0 Å². The van der Waals surface area contributed by atoms with E-state index < -0.39 is 0 Å². The van der Waals surface area contributed by atoms with Gasteiger partial charge in [0.2, 0.25) is 0 Å². The maximum absolute atomic E-state index is 2.43. The zero-order valence-electron chi connectivity index (χ0n) is 31.0. The number of hydrogen-bond donors (Lipinski definition) is 0. The van der Waals surface area contributed by atoms with Gasteiger partial charge in [-0.1, -0.05) is 158 Å². The molecule has 0 aliphatic rings. The Hall–Kier alpha value is -6.78. The van der Waals surface area contributed by atoms with E-state index in [0.29, 0.717) is 0 Å². The zero-order valence-corrected chi connectivity index (χ0v) is 32.6. The molecule has 0 N–H and O–H groups in total. The van der Waals surface area contributed by atoms with Crippen LogP contribution >= 0.6 is 22.7 Å². The van der Waals surface area contributed by atoms with E-state index in [1.807, 2.05) is 22.7 Å². The van der Waals surface area contributed by atoms with Crippen LogP contribution in [0.3, 0.4) is 0 Å². The third kappa shape index (κ3) is 5.91. The number of benzene rings is 9. The van der Waals surface area contributed by atoms with E-state index in [4.69, 9.17) is 0 Å². The van der Waals surface area contributed by atoms with Crippen LogP contribution in [0.15, 0.2) is 212 Å². The van der Waals surface area contributed by atoms with Gasteiger partial charge in [0, 0.05) is 63.0 Å². The van der Waals surface area contributed by atoms with Crippen LogP contribution in [0.5, 0.6) is 0 Å². The molecule has 0 bridgehead atoms. The lowest BCUT2D eigenvalue weighted by Gasteiger charge is -2.27. The predicted molar refractivity (Wildman–Crippen MR) is 249 cm³/mol. The first-order chi connectivity index (χ1) is 28.3. The Balaban J connectivity index is 1.12. The van der Waals surface area contributed by atoms with Gasteiger partial charge < -0.3 is 4.90 Å². The Bertz CT molecular complexity index is 3230. The Morgan fingerprint density at radius 2 is 0.737 bits per heavy atom. The van der Waals surface area contributed by atoms with Gasteiger partial charge in [-0.05, 0) is 93.5 Å². The lowest BCUT2D eigenvalue weighted by atomic mass is 9.92. The van der Waals surface area contributed by atoms with Gasteiger partial charge >= 0.3 is 0 Å². The van der Waals surface area contributed by atoms with Gasteiger partial charge in [0.25, 0.3) is 0 Å². The van der Waals surface area contributed by atoms with E-state index in [2.05, 4.69) is 217 Å². The molecule has 0 radical (unpaired) electrons. The molecule has 0 aliphatic carbocycles. The second-order valence-electron chi connectivity index (χ2n) is 14.4. The summed E-state index contributed by atoms with van der Waals surface area (Å²) in [4.78, 5) is 2.43. The SMILES string of the molecule is c1ccc(-c2ccccc2-c2ccc(N(c3ccc(-c4ccccc4)c(-c4cccc5c4sc4ccccc45)c3)c3ccc4sc5ccccc5c4c3)cc2)cc1. The molecular formula is C54H35NS2. The molecule has 1 nitrogen and oxygen atoms in total. The van der Waals surface area contributed by atoms with Crippen LogP contribution in [0, 0.1) is 0 Å². The molecule has 57 heavy (non-hydrogen) atoms. The molecule has 0 saturated heterocycles. The molecule has 0 saturated carbocycles. The maximum atomic E-state index is 2.43. The molecule has 0 atom stereocenters. The molecular weight excluding hydrogens is 727 g/mol. The molecule has 3 heteroatoms. The lowest BCUT2D eigenvalue weighted by Crippen LogP contribution is -2.10. The van der Waals surface area contributed by atoms with Crippen LogP contribution < -0.4 is 4.90 Å². The van der Waals surface area contributed by atoms with Crippen LogP contribution in [0.1, 0.15) is 0 Å². The Labute approximate surface area is 340 Å². The number of rotatable bonds is 7. The summed E-state index contributed by atoms with van der Waals surface area (Å²) in [5.41, 5.74) is 13.1. The molecule has 0 spiro atoms. The van der Waals surface area contributed by atoms with Gasteiger partial charge in [-0.15, -0.1) is 22.7 Å². The zero-order chi connectivity index (χ0) is 37.7. The largest absolute Gasteiger partial charge is 0.310 e. The molecule has 0 aliphatic heterocycles. The third-order valence-corrected chi connectivity index (χ3v) is 13.5. The van der Waals surface area contributed by atoms with E-state index in [1.165, 1.54) is 84.9 Å². The van der Waals surface area contributed by atoms with Crippen molar-refractivity contribution < 1.29 is 0 Å². The van der Waals surface area contributed by atoms with Crippen molar-refractivity contribution in [3.8, 4) is 44.5 Å². The smallest absolute Gasteiger partial charge is 0.0468 e. The van der Waals surface area contributed by atoms with Gasteiger partial charge in [0.05, 0.1) is 0 Å². The number of nitrogens with zero attached hydrogens (tertiary/aromatic N) is 1. The van der Waals surface area contributed by atoms with Gasteiger partial charge in [-0.2, -0.15) is 0 Å². The molecule has 0 fully saturated rings. The Kier molecular flexibility index (Phi) is 8.28. The average molecular weight is 762 g/mol. The molecule has 268 valence electrons. The first kappa shape index (κ1) is 33.5. The summed E-state index contributed by atoms with van der Waals surface area (Å²) < 4.78 is 5.23. The minimum absolute atomic E-state index is 1.10. The van der Waals surface area contributed by atoms with Crippen LogP contribution in [0.4, 0.5) is 17.1 Å². The third-order valence-electron chi connectivity index (χ3n) is 11.1. The molecule has 11 rings (SSSR count).